The van der Waals surface area contributed by atoms with Crippen LogP contribution >= 0.6 is 0 Å². The molecule has 0 unspecified atom stereocenters. The molecule has 1 aromatic rings. The molecule has 0 bridgehead atoms. The van der Waals surface area contributed by atoms with E-state index in [1.54, 1.807) is 0 Å². The predicted molar refractivity (Wildman–Crippen MR) is 67.5 cm³/mol. The van der Waals surface area contributed by atoms with Crippen molar-refractivity contribution >= 4 is 5.82 Å². The Morgan fingerprint density at radius 2 is 2.00 bits per heavy atom. The topological polar surface area (TPSA) is 54.7 Å². The number of nitrogen functional groups attached to an aromatic ring is 1. The molecule has 3 nitrogen and oxygen atoms in total. The van der Waals surface area contributed by atoms with Crippen molar-refractivity contribution in [3.63, 3.8) is 0 Å². The van der Waals surface area contributed by atoms with Crippen LogP contribution in [0.5, 0.6) is 0 Å². The van der Waals surface area contributed by atoms with Gasteiger partial charge in [-0.2, -0.15) is 5.10 Å². The van der Waals surface area contributed by atoms with Gasteiger partial charge in [0.1, 0.15) is 5.82 Å². The van der Waals surface area contributed by atoms with Gasteiger partial charge in [0.2, 0.25) is 0 Å². The van der Waals surface area contributed by atoms with Gasteiger partial charge >= 0.3 is 0 Å². The van der Waals surface area contributed by atoms with E-state index >= 15 is 0 Å². The maximum Gasteiger partial charge on any atom is 0.148 e. The lowest BCUT2D eigenvalue weighted by atomic mass is 9.77. The van der Waals surface area contributed by atoms with Gasteiger partial charge < -0.3 is 5.73 Å². The molecule has 0 spiro atoms. The highest BCUT2D eigenvalue weighted by Gasteiger charge is 2.38. The molecule has 1 saturated carbocycles. The maximum atomic E-state index is 5.98. The standard InChI is InChI=1S/C13H23N3/c1-4-13(7-5-6-8-13)11-10(9(2)3)12(14)16-15-11/h9H,4-8H2,1-3H3,(H3,14,15,16). The minimum absolute atomic E-state index is 0.324. The summed E-state index contributed by atoms with van der Waals surface area (Å²) in [6.07, 6.45) is 6.43. The molecule has 1 heterocycles. The summed E-state index contributed by atoms with van der Waals surface area (Å²) in [7, 11) is 0. The van der Waals surface area contributed by atoms with E-state index in [4.69, 9.17) is 5.73 Å². The molecule has 1 aromatic heterocycles. The summed E-state index contributed by atoms with van der Waals surface area (Å²) in [5, 5.41) is 7.44. The first-order valence-corrected chi connectivity index (χ1v) is 6.45. The van der Waals surface area contributed by atoms with Crippen molar-refractivity contribution in [2.24, 2.45) is 0 Å². The molecule has 16 heavy (non-hydrogen) atoms. The fourth-order valence-corrected chi connectivity index (χ4v) is 3.19. The average molecular weight is 221 g/mol. The van der Waals surface area contributed by atoms with Crippen LogP contribution in [0.1, 0.15) is 70.1 Å². The molecular weight excluding hydrogens is 198 g/mol. The number of nitrogens with two attached hydrogens (primary N) is 1. The minimum Gasteiger partial charge on any atom is -0.382 e. The molecular formula is C13H23N3. The lowest BCUT2D eigenvalue weighted by Gasteiger charge is -2.28. The molecule has 0 saturated heterocycles. The summed E-state index contributed by atoms with van der Waals surface area (Å²) in [5.74, 6) is 1.16. The molecule has 1 aliphatic rings. The Bertz CT molecular complexity index is 359. The molecule has 1 fully saturated rings. The van der Waals surface area contributed by atoms with Crippen molar-refractivity contribution in [2.45, 2.75) is 64.2 Å². The van der Waals surface area contributed by atoms with Gasteiger partial charge in [0, 0.05) is 16.7 Å². The van der Waals surface area contributed by atoms with Gasteiger partial charge in [-0.1, -0.05) is 33.6 Å². The van der Waals surface area contributed by atoms with Crippen LogP contribution in [0.4, 0.5) is 5.82 Å². The third-order valence-corrected chi connectivity index (χ3v) is 4.18. The van der Waals surface area contributed by atoms with Crippen LogP contribution < -0.4 is 5.73 Å². The van der Waals surface area contributed by atoms with Crippen LogP contribution in [-0.4, -0.2) is 10.2 Å². The average Bonchev–Trinajstić information content (AvgIpc) is 2.84. The Kier molecular flexibility index (Phi) is 2.96. The monoisotopic (exact) mass is 221 g/mol. The molecule has 0 atom stereocenters. The van der Waals surface area contributed by atoms with E-state index in [-0.39, 0.29) is 0 Å². The fourth-order valence-electron chi connectivity index (χ4n) is 3.19. The van der Waals surface area contributed by atoms with E-state index in [1.807, 2.05) is 0 Å². The fraction of sp³-hybridized carbons (Fsp3) is 0.769. The van der Waals surface area contributed by atoms with E-state index in [1.165, 1.54) is 43.4 Å². The molecule has 0 aromatic carbocycles. The zero-order valence-corrected chi connectivity index (χ0v) is 10.6. The van der Waals surface area contributed by atoms with E-state index in [0.717, 1.165) is 0 Å². The normalized spacial score (nSPS) is 19.5. The van der Waals surface area contributed by atoms with Crippen molar-refractivity contribution in [2.75, 3.05) is 5.73 Å². The smallest absolute Gasteiger partial charge is 0.148 e. The quantitative estimate of drug-likeness (QED) is 0.822. The number of anilines is 1. The van der Waals surface area contributed by atoms with Crippen LogP contribution in [-0.2, 0) is 5.41 Å². The van der Waals surface area contributed by atoms with Crippen LogP contribution in [0.25, 0.3) is 0 Å². The Hall–Kier alpha value is -0.990. The van der Waals surface area contributed by atoms with E-state index in [9.17, 15) is 0 Å². The van der Waals surface area contributed by atoms with Crippen molar-refractivity contribution in [1.82, 2.24) is 10.2 Å². The van der Waals surface area contributed by atoms with Gasteiger partial charge in [-0.25, -0.2) is 0 Å². The molecule has 3 N–H and O–H groups in total. The third-order valence-electron chi connectivity index (χ3n) is 4.18. The molecule has 0 radical (unpaired) electrons. The molecule has 3 heteroatoms. The van der Waals surface area contributed by atoms with Crippen LogP contribution in [0.2, 0.25) is 0 Å². The van der Waals surface area contributed by atoms with E-state index in [2.05, 4.69) is 31.0 Å². The van der Waals surface area contributed by atoms with Gasteiger partial charge in [0.05, 0.1) is 0 Å². The second kappa shape index (κ2) is 4.11. The highest BCUT2D eigenvalue weighted by atomic mass is 15.2. The summed E-state index contributed by atoms with van der Waals surface area (Å²) in [4.78, 5) is 0. The number of aromatic nitrogens is 2. The van der Waals surface area contributed by atoms with Crippen molar-refractivity contribution in [3.8, 4) is 0 Å². The molecule has 2 rings (SSSR count). The van der Waals surface area contributed by atoms with E-state index in [0.29, 0.717) is 17.2 Å². The number of aromatic amines is 1. The largest absolute Gasteiger partial charge is 0.382 e. The second-order valence-corrected chi connectivity index (χ2v) is 5.39. The highest BCUT2D eigenvalue weighted by molar-refractivity contribution is 5.47. The number of nitrogens with one attached hydrogen (secondary N) is 1. The Morgan fingerprint density at radius 1 is 1.38 bits per heavy atom. The lowest BCUT2D eigenvalue weighted by Crippen LogP contribution is -2.23. The number of rotatable bonds is 3. The zero-order chi connectivity index (χ0) is 11.8. The van der Waals surface area contributed by atoms with E-state index < -0.39 is 0 Å². The van der Waals surface area contributed by atoms with Gasteiger partial charge in [-0.3, -0.25) is 5.10 Å². The first kappa shape index (κ1) is 11.5. The highest BCUT2D eigenvalue weighted by Crippen LogP contribution is 2.46. The second-order valence-electron chi connectivity index (χ2n) is 5.39. The maximum absolute atomic E-state index is 5.98. The summed E-state index contributed by atoms with van der Waals surface area (Å²) in [6.45, 7) is 6.68. The first-order valence-electron chi connectivity index (χ1n) is 6.45. The van der Waals surface area contributed by atoms with Crippen molar-refractivity contribution in [3.05, 3.63) is 11.3 Å². The van der Waals surface area contributed by atoms with Gasteiger partial charge in [-0.15, -0.1) is 0 Å². The first-order chi connectivity index (χ1) is 7.60. The van der Waals surface area contributed by atoms with Crippen LogP contribution in [0.15, 0.2) is 0 Å². The number of hydrogen-bond donors (Lipinski definition) is 2. The summed E-state index contributed by atoms with van der Waals surface area (Å²) >= 11 is 0. The van der Waals surface area contributed by atoms with Crippen LogP contribution in [0.3, 0.4) is 0 Å². The molecule has 1 aliphatic carbocycles. The summed E-state index contributed by atoms with van der Waals surface area (Å²) < 4.78 is 0. The Balaban J connectivity index is 2.46. The minimum atomic E-state index is 0.324. The molecule has 90 valence electrons. The summed E-state index contributed by atoms with van der Waals surface area (Å²) in [5.41, 5.74) is 8.88. The summed E-state index contributed by atoms with van der Waals surface area (Å²) in [6, 6.07) is 0. The van der Waals surface area contributed by atoms with Crippen LogP contribution in [0, 0.1) is 0 Å². The molecule has 0 aliphatic heterocycles. The van der Waals surface area contributed by atoms with Crippen molar-refractivity contribution < 1.29 is 0 Å². The SMILES string of the molecule is CCC1(c2[nH]nc(N)c2C(C)C)CCCC1. The Labute approximate surface area is 97.8 Å². The molecule has 0 amide bonds. The Morgan fingerprint density at radius 3 is 2.50 bits per heavy atom. The third kappa shape index (κ3) is 1.62. The van der Waals surface area contributed by atoms with Gasteiger partial charge in [-0.05, 0) is 25.2 Å². The number of nitrogens with zero attached hydrogens (tertiary/aromatic N) is 1. The van der Waals surface area contributed by atoms with Gasteiger partial charge in [0.25, 0.3) is 0 Å². The van der Waals surface area contributed by atoms with Crippen molar-refractivity contribution in [1.29, 1.82) is 0 Å². The predicted octanol–water partition coefficient (Wildman–Crippen LogP) is 3.34. The number of H-pyrrole nitrogens is 1. The lowest BCUT2D eigenvalue weighted by molar-refractivity contribution is 0.407. The van der Waals surface area contributed by atoms with Gasteiger partial charge in [0.15, 0.2) is 0 Å². The number of hydrogen-bond acceptors (Lipinski definition) is 2. The zero-order valence-electron chi connectivity index (χ0n) is 10.6.